The molecule has 1 nitrogen and oxygen atoms in total. The maximum atomic E-state index is 12.5. The fourth-order valence-corrected chi connectivity index (χ4v) is 1.18. The Bertz CT molecular complexity index is 114. The molecule has 1 fully saturated rings. The van der Waals surface area contributed by atoms with E-state index in [1.54, 1.807) is 18.9 Å². The molecule has 1 aliphatic heterocycles. The lowest BCUT2D eigenvalue weighted by Crippen LogP contribution is -2.25. The van der Waals surface area contributed by atoms with E-state index in [-0.39, 0.29) is 6.54 Å². The summed E-state index contributed by atoms with van der Waals surface area (Å²) in [5.41, 5.74) is 0. The van der Waals surface area contributed by atoms with Crippen molar-refractivity contribution in [2.45, 2.75) is 12.8 Å². The molecule has 3 heteroatoms. The second kappa shape index (κ2) is 1.90. The summed E-state index contributed by atoms with van der Waals surface area (Å²) in [6.07, 6.45) is 0. The molecule has 1 rings (SSSR count). The van der Waals surface area contributed by atoms with Gasteiger partial charge in [-0.15, -0.1) is 0 Å². The summed E-state index contributed by atoms with van der Waals surface area (Å²) < 4.78 is 25.1. The fraction of sp³-hybridized carbons (Fsp3) is 1.00. The molecule has 54 valence electrons. The van der Waals surface area contributed by atoms with Gasteiger partial charge < -0.3 is 4.90 Å². The van der Waals surface area contributed by atoms with Crippen LogP contribution in [0.1, 0.15) is 6.92 Å². The topological polar surface area (TPSA) is 3.24 Å². The Balaban J connectivity index is 2.58. The average molecular weight is 135 g/mol. The van der Waals surface area contributed by atoms with Gasteiger partial charge in [0.1, 0.15) is 0 Å². The molecule has 1 aliphatic rings. The van der Waals surface area contributed by atoms with Crippen LogP contribution in [0.2, 0.25) is 0 Å². The predicted octanol–water partition coefficient (Wildman–Crippen LogP) is 1.20. The van der Waals surface area contributed by atoms with E-state index in [0.717, 1.165) is 0 Å². The number of hydrogen-bond donors (Lipinski definition) is 0. The van der Waals surface area contributed by atoms with Crippen molar-refractivity contribution in [3.05, 3.63) is 0 Å². The van der Waals surface area contributed by atoms with Crippen LogP contribution in [0.15, 0.2) is 0 Å². The van der Waals surface area contributed by atoms with Crippen LogP contribution in [0, 0.1) is 5.92 Å². The number of rotatable bonds is 0. The molecule has 0 aromatic carbocycles. The van der Waals surface area contributed by atoms with Gasteiger partial charge in [0.15, 0.2) is 0 Å². The van der Waals surface area contributed by atoms with Crippen LogP contribution in [0.25, 0.3) is 0 Å². The Morgan fingerprint density at radius 1 is 1.56 bits per heavy atom. The maximum absolute atomic E-state index is 12.5. The van der Waals surface area contributed by atoms with Gasteiger partial charge in [-0.2, -0.15) is 0 Å². The van der Waals surface area contributed by atoms with Gasteiger partial charge in [-0.3, -0.25) is 0 Å². The zero-order valence-electron chi connectivity index (χ0n) is 5.69. The summed E-state index contributed by atoms with van der Waals surface area (Å²) in [6, 6.07) is 0. The molecule has 1 heterocycles. The number of halogens is 2. The van der Waals surface area contributed by atoms with Crippen molar-refractivity contribution in [2.75, 3.05) is 20.1 Å². The molecular weight excluding hydrogens is 124 g/mol. The minimum absolute atomic E-state index is 0.0752. The van der Waals surface area contributed by atoms with Crippen molar-refractivity contribution in [3.8, 4) is 0 Å². The third kappa shape index (κ3) is 1.21. The molecule has 0 radical (unpaired) electrons. The number of likely N-dealkylation sites (tertiary alicyclic amines) is 1. The van der Waals surface area contributed by atoms with E-state index in [0.29, 0.717) is 6.54 Å². The summed E-state index contributed by atoms with van der Waals surface area (Å²) in [5, 5.41) is 0. The Kier molecular flexibility index (Phi) is 1.47. The minimum Gasteiger partial charge on any atom is -0.300 e. The van der Waals surface area contributed by atoms with Gasteiger partial charge in [-0.1, -0.05) is 6.92 Å². The van der Waals surface area contributed by atoms with E-state index in [1.807, 2.05) is 0 Å². The molecule has 0 bridgehead atoms. The lowest BCUT2D eigenvalue weighted by atomic mass is 10.1. The molecule has 0 spiro atoms. The molecule has 9 heavy (non-hydrogen) atoms. The van der Waals surface area contributed by atoms with Gasteiger partial charge in [0.25, 0.3) is 5.92 Å². The maximum Gasteiger partial charge on any atom is 0.264 e. The molecule has 1 atom stereocenters. The van der Waals surface area contributed by atoms with Crippen molar-refractivity contribution in [2.24, 2.45) is 5.92 Å². The van der Waals surface area contributed by atoms with Gasteiger partial charge in [0, 0.05) is 12.5 Å². The summed E-state index contributed by atoms with van der Waals surface area (Å²) in [6.45, 7) is 2.03. The molecule has 0 aliphatic carbocycles. The van der Waals surface area contributed by atoms with Crippen molar-refractivity contribution in [1.29, 1.82) is 0 Å². The first-order chi connectivity index (χ1) is 4.02. The fourth-order valence-electron chi connectivity index (χ4n) is 1.18. The van der Waals surface area contributed by atoms with Crippen LogP contribution in [-0.4, -0.2) is 31.0 Å². The molecule has 0 N–H and O–H groups in total. The van der Waals surface area contributed by atoms with Gasteiger partial charge in [0.05, 0.1) is 6.54 Å². The lowest BCUT2D eigenvalue weighted by Gasteiger charge is -2.11. The van der Waals surface area contributed by atoms with Crippen molar-refractivity contribution in [3.63, 3.8) is 0 Å². The van der Waals surface area contributed by atoms with E-state index in [4.69, 9.17) is 0 Å². The SMILES string of the molecule is C[C@@H]1CN(C)CC1(F)F. The van der Waals surface area contributed by atoms with Gasteiger partial charge >= 0.3 is 0 Å². The summed E-state index contributed by atoms with van der Waals surface area (Å²) in [7, 11) is 1.72. The van der Waals surface area contributed by atoms with Crippen molar-refractivity contribution in [1.82, 2.24) is 4.90 Å². The largest absolute Gasteiger partial charge is 0.300 e. The van der Waals surface area contributed by atoms with E-state index in [2.05, 4.69) is 0 Å². The molecule has 0 unspecified atom stereocenters. The second-order valence-electron chi connectivity index (χ2n) is 2.86. The van der Waals surface area contributed by atoms with Crippen LogP contribution in [0.3, 0.4) is 0 Å². The zero-order valence-corrected chi connectivity index (χ0v) is 5.69. The highest BCUT2D eigenvalue weighted by atomic mass is 19.3. The lowest BCUT2D eigenvalue weighted by molar-refractivity contribution is -0.0197. The van der Waals surface area contributed by atoms with Gasteiger partial charge in [-0.05, 0) is 7.05 Å². The van der Waals surface area contributed by atoms with Crippen LogP contribution < -0.4 is 0 Å². The Labute approximate surface area is 53.6 Å². The zero-order chi connectivity index (χ0) is 7.07. The predicted molar refractivity (Wildman–Crippen MR) is 31.6 cm³/mol. The van der Waals surface area contributed by atoms with Crippen molar-refractivity contribution < 1.29 is 8.78 Å². The Morgan fingerprint density at radius 3 is 2.22 bits per heavy atom. The monoisotopic (exact) mass is 135 g/mol. The third-order valence-corrected chi connectivity index (χ3v) is 1.79. The Morgan fingerprint density at radius 2 is 2.11 bits per heavy atom. The van der Waals surface area contributed by atoms with Crippen LogP contribution in [-0.2, 0) is 0 Å². The van der Waals surface area contributed by atoms with Crippen molar-refractivity contribution >= 4 is 0 Å². The van der Waals surface area contributed by atoms with E-state index in [9.17, 15) is 8.78 Å². The first-order valence-corrected chi connectivity index (χ1v) is 3.09. The van der Waals surface area contributed by atoms with Gasteiger partial charge in [-0.25, -0.2) is 8.78 Å². The first kappa shape index (κ1) is 6.93. The van der Waals surface area contributed by atoms with E-state index < -0.39 is 11.8 Å². The minimum atomic E-state index is -2.45. The third-order valence-electron chi connectivity index (χ3n) is 1.79. The highest BCUT2D eigenvalue weighted by molar-refractivity contribution is 4.85. The molecule has 1 saturated heterocycles. The highest BCUT2D eigenvalue weighted by Gasteiger charge is 2.43. The molecule has 0 amide bonds. The van der Waals surface area contributed by atoms with Crippen LogP contribution >= 0.6 is 0 Å². The van der Waals surface area contributed by atoms with Gasteiger partial charge in [0.2, 0.25) is 0 Å². The Hall–Kier alpha value is -0.180. The quantitative estimate of drug-likeness (QED) is 0.482. The second-order valence-corrected chi connectivity index (χ2v) is 2.86. The normalized spacial score (nSPS) is 35.3. The first-order valence-electron chi connectivity index (χ1n) is 3.09. The standard InChI is InChI=1S/C6H11F2N/c1-5-3-9(2)4-6(5,7)8/h5H,3-4H2,1-2H3/t5-/m1/s1. The van der Waals surface area contributed by atoms with E-state index in [1.165, 1.54) is 0 Å². The van der Waals surface area contributed by atoms with E-state index >= 15 is 0 Å². The summed E-state index contributed by atoms with van der Waals surface area (Å²) in [4.78, 5) is 1.66. The molecule has 0 saturated carbocycles. The number of hydrogen-bond acceptors (Lipinski definition) is 1. The molecular formula is C6H11F2N. The summed E-state index contributed by atoms with van der Waals surface area (Å²) >= 11 is 0. The molecule has 0 aromatic heterocycles. The summed E-state index contributed by atoms with van der Waals surface area (Å²) in [5.74, 6) is -2.92. The van der Waals surface area contributed by atoms with Crippen LogP contribution in [0.5, 0.6) is 0 Å². The average Bonchev–Trinajstić information content (AvgIpc) is 1.79. The van der Waals surface area contributed by atoms with Crippen LogP contribution in [0.4, 0.5) is 8.78 Å². The number of alkyl halides is 2. The number of nitrogens with zero attached hydrogens (tertiary/aromatic N) is 1. The highest BCUT2D eigenvalue weighted by Crippen LogP contribution is 2.31. The molecule has 0 aromatic rings. The smallest absolute Gasteiger partial charge is 0.264 e.